The summed E-state index contributed by atoms with van der Waals surface area (Å²) in [5.41, 5.74) is 12.0. The molecule has 12 nitrogen and oxygen atoms in total. The van der Waals surface area contributed by atoms with E-state index in [0.29, 0.717) is 35.2 Å². The van der Waals surface area contributed by atoms with Crippen molar-refractivity contribution in [1.82, 2.24) is 45.3 Å². The molecular weight excluding hydrogens is 1060 g/mol. The van der Waals surface area contributed by atoms with Gasteiger partial charge in [0.05, 0.1) is 24.0 Å². The zero-order valence-corrected chi connectivity index (χ0v) is 52.9. The number of carbonyl (C=O) groups is 3. The second-order valence-electron chi connectivity index (χ2n) is 29.9. The number of nitrogens with zero attached hydrogens (tertiary/aromatic N) is 6. The molecule has 6 saturated carbocycles. The molecule has 458 valence electrons. The van der Waals surface area contributed by atoms with Crippen LogP contribution in [0.15, 0.2) is 54.6 Å². The number of hydrogen-bond acceptors (Lipinski definition) is 6. The highest BCUT2D eigenvalue weighted by Gasteiger charge is 2.61. The van der Waals surface area contributed by atoms with Gasteiger partial charge in [-0.05, 0) is 217 Å². The van der Waals surface area contributed by atoms with Crippen LogP contribution in [0, 0.1) is 45.2 Å². The number of amides is 3. The van der Waals surface area contributed by atoms with Gasteiger partial charge in [0, 0.05) is 52.1 Å². The summed E-state index contributed by atoms with van der Waals surface area (Å²) in [7, 11) is 0. The topological polar surface area (TPSA) is 141 Å². The molecule has 6 fully saturated rings. The van der Waals surface area contributed by atoms with E-state index in [4.69, 9.17) is 15.3 Å². The molecule has 3 heterocycles. The molecule has 3 aromatic heterocycles. The smallest absolute Gasteiger partial charge is 0.272 e. The maximum atomic E-state index is 13.6. The van der Waals surface area contributed by atoms with Crippen molar-refractivity contribution in [1.29, 1.82) is 0 Å². The normalized spacial score (nSPS) is 28.3. The fourth-order valence-corrected chi connectivity index (χ4v) is 18.9. The molecule has 0 saturated heterocycles. The van der Waals surface area contributed by atoms with Gasteiger partial charge in [-0.2, -0.15) is 15.3 Å². The lowest BCUT2D eigenvalue weighted by molar-refractivity contribution is 0.0728. The number of hydrogen-bond donors (Lipinski definition) is 3. The van der Waals surface area contributed by atoms with Gasteiger partial charge in [0.15, 0.2) is 17.1 Å². The molecular formula is C72H100FN9O3. The van der Waals surface area contributed by atoms with E-state index in [2.05, 4.69) is 105 Å². The van der Waals surface area contributed by atoms with Crippen molar-refractivity contribution in [3.63, 3.8) is 0 Å². The molecule has 0 spiro atoms. The molecule has 3 amide bonds. The Morgan fingerprint density at radius 2 is 1.13 bits per heavy atom. The number of nitrogens with one attached hydrogen (secondary N) is 3. The van der Waals surface area contributed by atoms with Crippen molar-refractivity contribution < 1.29 is 18.8 Å². The SMILES string of the molecule is CC(NC(=O)c1nn(C2CCCCC2)c2c1CCCC2)C1CCCC1.CC12CCC(C1)C(C)(C)C2NC(=O)c1nn(Cc2ccccc2)c2c1CCCC2.CCC1CCCc2c(C(=O)NC3C4(C)CCC(C4)C3(C)C)nn(-c3ccc(F)cc3)c21. The van der Waals surface area contributed by atoms with Crippen LogP contribution in [0.25, 0.3) is 5.69 Å². The molecule has 9 aliphatic rings. The molecule has 5 aromatic rings. The van der Waals surface area contributed by atoms with Crippen molar-refractivity contribution in [3.05, 3.63) is 117 Å². The predicted octanol–water partition coefficient (Wildman–Crippen LogP) is 15.1. The van der Waals surface area contributed by atoms with Crippen LogP contribution in [0.3, 0.4) is 0 Å². The van der Waals surface area contributed by atoms with E-state index in [1.165, 1.54) is 156 Å². The van der Waals surface area contributed by atoms with E-state index in [-0.39, 0.29) is 63.3 Å². The molecule has 0 radical (unpaired) electrons. The van der Waals surface area contributed by atoms with Gasteiger partial charge in [-0.3, -0.25) is 23.7 Å². The van der Waals surface area contributed by atoms with Crippen LogP contribution in [0.5, 0.6) is 0 Å². The first-order chi connectivity index (χ1) is 40.9. The Bertz CT molecular complexity index is 3200. The number of fused-ring (bicyclic) bond motifs is 7. The molecule has 14 rings (SSSR count). The fourth-order valence-electron chi connectivity index (χ4n) is 18.9. The van der Waals surface area contributed by atoms with E-state index in [1.807, 2.05) is 10.7 Å². The Morgan fingerprint density at radius 1 is 0.588 bits per heavy atom. The van der Waals surface area contributed by atoms with E-state index < -0.39 is 0 Å². The van der Waals surface area contributed by atoms with Gasteiger partial charge in [-0.1, -0.05) is 111 Å². The lowest BCUT2D eigenvalue weighted by atomic mass is 9.68. The summed E-state index contributed by atoms with van der Waals surface area (Å²) in [6.07, 6.45) is 32.0. The van der Waals surface area contributed by atoms with Gasteiger partial charge in [-0.15, -0.1) is 0 Å². The number of carbonyl (C=O) groups excluding carboxylic acids is 3. The molecule has 0 aliphatic heterocycles. The van der Waals surface area contributed by atoms with Crippen LogP contribution in [0.4, 0.5) is 4.39 Å². The lowest BCUT2D eigenvalue weighted by Crippen LogP contribution is -2.52. The van der Waals surface area contributed by atoms with Crippen LogP contribution >= 0.6 is 0 Å². The summed E-state index contributed by atoms with van der Waals surface area (Å²) in [6, 6.07) is 18.1. The fraction of sp³-hybridized carbons (Fsp3) is 0.667. The van der Waals surface area contributed by atoms with Crippen molar-refractivity contribution in [2.24, 2.45) is 39.4 Å². The average Bonchev–Trinajstić information content (AvgIpc) is 1.76. The van der Waals surface area contributed by atoms with E-state index >= 15 is 0 Å². The quantitative estimate of drug-likeness (QED) is 0.114. The van der Waals surface area contributed by atoms with Gasteiger partial charge in [0.2, 0.25) is 0 Å². The highest BCUT2D eigenvalue weighted by molar-refractivity contribution is 5.95. The second kappa shape index (κ2) is 24.2. The molecule has 4 bridgehead atoms. The van der Waals surface area contributed by atoms with E-state index in [9.17, 15) is 18.8 Å². The first-order valence-electron chi connectivity index (χ1n) is 33.9. The number of halogens is 1. The van der Waals surface area contributed by atoms with Crippen LogP contribution in [-0.2, 0) is 38.6 Å². The maximum Gasteiger partial charge on any atom is 0.272 e. The third-order valence-electron chi connectivity index (χ3n) is 23.7. The van der Waals surface area contributed by atoms with Gasteiger partial charge in [-0.25, -0.2) is 9.07 Å². The van der Waals surface area contributed by atoms with E-state index in [0.717, 1.165) is 92.9 Å². The van der Waals surface area contributed by atoms with Gasteiger partial charge < -0.3 is 16.0 Å². The predicted molar refractivity (Wildman–Crippen MR) is 335 cm³/mol. The molecule has 2 aromatic carbocycles. The average molecular weight is 1160 g/mol. The Labute approximate surface area is 506 Å². The highest BCUT2D eigenvalue weighted by atomic mass is 19.1. The van der Waals surface area contributed by atoms with Crippen molar-refractivity contribution in [2.45, 2.75) is 265 Å². The Balaban J connectivity index is 0.000000126. The van der Waals surface area contributed by atoms with Crippen molar-refractivity contribution in [2.75, 3.05) is 0 Å². The molecule has 9 aliphatic carbocycles. The Hall–Kier alpha value is -5.59. The summed E-state index contributed by atoms with van der Waals surface area (Å²) in [5, 5.41) is 24.8. The first-order valence-corrected chi connectivity index (χ1v) is 33.9. The van der Waals surface area contributed by atoms with Crippen molar-refractivity contribution in [3.8, 4) is 5.69 Å². The summed E-state index contributed by atoms with van der Waals surface area (Å²) in [4.78, 5) is 40.1. The largest absolute Gasteiger partial charge is 0.348 e. The minimum atomic E-state index is -0.262. The summed E-state index contributed by atoms with van der Waals surface area (Å²) in [5.74, 6) is 2.25. The van der Waals surface area contributed by atoms with Crippen LogP contribution in [0.1, 0.15) is 279 Å². The van der Waals surface area contributed by atoms with Crippen LogP contribution in [0.2, 0.25) is 0 Å². The van der Waals surface area contributed by atoms with Gasteiger partial charge in [0.25, 0.3) is 17.7 Å². The zero-order chi connectivity index (χ0) is 59.4. The molecule has 85 heavy (non-hydrogen) atoms. The number of rotatable bonds is 12. The third kappa shape index (κ3) is 11.5. The van der Waals surface area contributed by atoms with Crippen LogP contribution in [-0.4, -0.2) is 65.2 Å². The second-order valence-corrected chi connectivity index (χ2v) is 29.9. The highest BCUT2D eigenvalue weighted by Crippen LogP contribution is 2.63. The number of aromatic nitrogens is 6. The third-order valence-corrected chi connectivity index (χ3v) is 23.7. The summed E-state index contributed by atoms with van der Waals surface area (Å²) in [6.45, 7) is 19.1. The molecule has 8 unspecified atom stereocenters. The summed E-state index contributed by atoms with van der Waals surface area (Å²) >= 11 is 0. The lowest BCUT2D eigenvalue weighted by Gasteiger charge is -2.43. The zero-order valence-electron chi connectivity index (χ0n) is 52.9. The van der Waals surface area contributed by atoms with Crippen molar-refractivity contribution >= 4 is 17.7 Å². The Kier molecular flexibility index (Phi) is 17.0. The van der Waals surface area contributed by atoms with Gasteiger partial charge in [0.1, 0.15) is 5.82 Å². The summed E-state index contributed by atoms with van der Waals surface area (Å²) < 4.78 is 19.8. The minimum Gasteiger partial charge on any atom is -0.348 e. The molecule has 3 N–H and O–H groups in total. The van der Waals surface area contributed by atoms with E-state index in [1.54, 1.807) is 12.1 Å². The molecule has 13 heteroatoms. The standard InChI is InChI=1S/C26H34FN3O.C25H33N3O.C21H33N3O/c1-5-16-7-6-8-20-21(29-30(22(16)20)19-11-9-18(27)10-12-19)23(31)28-24-25(2,3)17-13-14-26(24,4)15-17;1-24(2)18-13-14-25(3,15-18)23(24)26-22(29)21-19-11-7-8-12-20(19)28(27-21)16-17-9-5-4-6-10-17;1-15(16-9-5-6-10-16)22-21(25)20-18-13-7-8-14-19(18)24(23-20)17-11-3-2-4-12-17/h9-12,16-17,24H,5-8,13-15H2,1-4H3,(H,28,31);4-6,9-10,18,23H,7-8,11-16H2,1-3H3,(H,26,29);15-17H,2-14H2,1H3,(H,22,25). The monoisotopic (exact) mass is 1160 g/mol. The van der Waals surface area contributed by atoms with Gasteiger partial charge >= 0.3 is 0 Å². The maximum absolute atomic E-state index is 13.6. The Morgan fingerprint density at radius 3 is 1.72 bits per heavy atom. The minimum absolute atomic E-state index is 0.0410. The first kappa shape index (κ1) is 59.7. The molecule has 8 atom stereocenters. The van der Waals surface area contributed by atoms with Crippen LogP contribution < -0.4 is 16.0 Å². The number of benzene rings is 2.